The van der Waals surface area contributed by atoms with Gasteiger partial charge in [0.25, 0.3) is 0 Å². The number of rotatable bonds is 5. The van der Waals surface area contributed by atoms with Gasteiger partial charge in [-0.2, -0.15) is 0 Å². The van der Waals surface area contributed by atoms with Crippen LogP contribution < -0.4 is 0 Å². The molecular formula is C21H19FO2S. The molecular weight excluding hydrogens is 335 g/mol. The van der Waals surface area contributed by atoms with Crippen LogP contribution in [0.15, 0.2) is 53.4 Å². The van der Waals surface area contributed by atoms with Crippen LogP contribution in [-0.2, 0) is 9.53 Å². The van der Waals surface area contributed by atoms with E-state index in [9.17, 15) is 9.18 Å². The second kappa shape index (κ2) is 7.70. The van der Waals surface area contributed by atoms with Crippen molar-refractivity contribution in [2.24, 2.45) is 0 Å². The summed E-state index contributed by atoms with van der Waals surface area (Å²) in [5, 5.41) is 0. The summed E-state index contributed by atoms with van der Waals surface area (Å²) in [7, 11) is 1.38. The minimum Gasteiger partial charge on any atom is -0.469 e. The van der Waals surface area contributed by atoms with Crippen LogP contribution in [0.3, 0.4) is 0 Å². The third-order valence-corrected chi connectivity index (χ3v) is 4.98. The van der Waals surface area contributed by atoms with Crippen molar-refractivity contribution in [3.8, 4) is 0 Å². The lowest BCUT2D eigenvalue weighted by Crippen LogP contribution is -2.00. The Labute approximate surface area is 151 Å². The van der Waals surface area contributed by atoms with E-state index < -0.39 is 0 Å². The molecule has 0 saturated heterocycles. The molecule has 0 saturated carbocycles. The molecule has 25 heavy (non-hydrogen) atoms. The van der Waals surface area contributed by atoms with Crippen LogP contribution >= 0.6 is 11.8 Å². The molecule has 0 aliphatic heterocycles. The van der Waals surface area contributed by atoms with Crippen molar-refractivity contribution in [2.75, 3.05) is 13.4 Å². The summed E-state index contributed by atoms with van der Waals surface area (Å²) in [5.41, 5.74) is 4.94. The van der Waals surface area contributed by atoms with Crippen LogP contribution in [0.1, 0.15) is 29.5 Å². The second-order valence-electron chi connectivity index (χ2n) is 5.81. The van der Waals surface area contributed by atoms with E-state index in [2.05, 4.69) is 30.3 Å². The summed E-state index contributed by atoms with van der Waals surface area (Å²) in [6, 6.07) is 13.1. The van der Waals surface area contributed by atoms with Gasteiger partial charge in [-0.25, -0.2) is 4.39 Å². The molecule has 1 aliphatic rings. The Balaban J connectivity index is 1.94. The highest BCUT2D eigenvalue weighted by Gasteiger charge is 2.19. The van der Waals surface area contributed by atoms with Gasteiger partial charge in [0, 0.05) is 11.3 Å². The van der Waals surface area contributed by atoms with Crippen molar-refractivity contribution in [2.45, 2.75) is 17.7 Å². The number of carbonyl (C=O) groups is 1. The number of hydrogen-bond acceptors (Lipinski definition) is 3. The second-order valence-corrected chi connectivity index (χ2v) is 6.69. The molecule has 0 aromatic heterocycles. The molecule has 0 radical (unpaired) electrons. The van der Waals surface area contributed by atoms with E-state index in [1.807, 2.05) is 12.3 Å². The molecule has 1 aliphatic carbocycles. The van der Waals surface area contributed by atoms with E-state index in [0.717, 1.165) is 27.8 Å². The van der Waals surface area contributed by atoms with E-state index in [1.54, 1.807) is 17.8 Å². The molecule has 0 N–H and O–H groups in total. The largest absolute Gasteiger partial charge is 0.469 e. The maximum Gasteiger partial charge on any atom is 0.305 e. The van der Waals surface area contributed by atoms with E-state index in [4.69, 9.17) is 4.74 Å². The summed E-state index contributed by atoms with van der Waals surface area (Å²) in [4.78, 5) is 12.7. The fourth-order valence-electron chi connectivity index (χ4n) is 2.92. The Kier molecular flexibility index (Phi) is 5.39. The normalized spacial score (nSPS) is 14.4. The molecule has 0 amide bonds. The average molecular weight is 354 g/mol. The first-order chi connectivity index (χ1) is 12.1. The van der Waals surface area contributed by atoms with Gasteiger partial charge in [0.1, 0.15) is 5.82 Å². The van der Waals surface area contributed by atoms with Gasteiger partial charge in [-0.1, -0.05) is 24.3 Å². The topological polar surface area (TPSA) is 26.3 Å². The lowest BCUT2D eigenvalue weighted by Gasteiger charge is -2.05. The van der Waals surface area contributed by atoms with Crippen LogP contribution in [-0.4, -0.2) is 19.3 Å². The quantitative estimate of drug-likeness (QED) is 0.528. The van der Waals surface area contributed by atoms with Crippen molar-refractivity contribution in [3.05, 3.63) is 71.0 Å². The summed E-state index contributed by atoms with van der Waals surface area (Å²) >= 11 is 1.70. The first-order valence-electron chi connectivity index (χ1n) is 8.04. The van der Waals surface area contributed by atoms with Crippen molar-refractivity contribution in [1.29, 1.82) is 0 Å². The number of allylic oxidation sites excluding steroid dienone is 3. The van der Waals surface area contributed by atoms with Gasteiger partial charge < -0.3 is 4.74 Å². The van der Waals surface area contributed by atoms with E-state index in [0.29, 0.717) is 6.42 Å². The van der Waals surface area contributed by atoms with Crippen molar-refractivity contribution in [3.63, 3.8) is 0 Å². The molecule has 2 aromatic rings. The van der Waals surface area contributed by atoms with Crippen LogP contribution in [0.2, 0.25) is 0 Å². The minimum absolute atomic E-state index is 0.260. The van der Waals surface area contributed by atoms with E-state index in [1.165, 1.54) is 24.1 Å². The molecule has 128 valence electrons. The molecule has 0 heterocycles. The van der Waals surface area contributed by atoms with Gasteiger partial charge in [-0.3, -0.25) is 4.79 Å². The molecule has 2 aromatic carbocycles. The molecule has 2 nitrogen and oxygen atoms in total. The zero-order chi connectivity index (χ0) is 17.8. The van der Waals surface area contributed by atoms with E-state index in [-0.39, 0.29) is 18.2 Å². The molecule has 0 fully saturated rings. The number of fused-ring (bicyclic) bond motifs is 1. The van der Waals surface area contributed by atoms with Gasteiger partial charge in [0.05, 0.1) is 7.11 Å². The average Bonchev–Trinajstić information content (AvgIpc) is 2.97. The third kappa shape index (κ3) is 4.02. The van der Waals surface area contributed by atoms with Crippen LogP contribution in [0.4, 0.5) is 4.39 Å². The molecule has 3 rings (SSSR count). The zero-order valence-corrected chi connectivity index (χ0v) is 15.0. The highest BCUT2D eigenvalue weighted by Crippen LogP contribution is 2.39. The van der Waals surface area contributed by atoms with Gasteiger partial charge in [0.15, 0.2) is 0 Å². The fourth-order valence-corrected chi connectivity index (χ4v) is 3.33. The third-order valence-electron chi connectivity index (χ3n) is 4.23. The molecule has 0 unspecified atom stereocenters. The molecule has 0 atom stereocenters. The Bertz CT molecular complexity index is 851. The van der Waals surface area contributed by atoms with Gasteiger partial charge in [-0.15, -0.1) is 11.8 Å². The number of thioether (sulfide) groups is 1. The molecule has 0 bridgehead atoms. The summed E-state index contributed by atoms with van der Waals surface area (Å²) in [6.45, 7) is 0. The van der Waals surface area contributed by atoms with Crippen LogP contribution in [0.25, 0.3) is 17.2 Å². The predicted molar refractivity (Wildman–Crippen MR) is 102 cm³/mol. The van der Waals surface area contributed by atoms with Gasteiger partial charge >= 0.3 is 5.97 Å². The van der Waals surface area contributed by atoms with Crippen LogP contribution in [0.5, 0.6) is 0 Å². The number of esters is 1. The van der Waals surface area contributed by atoms with Crippen molar-refractivity contribution < 1.29 is 13.9 Å². The summed E-state index contributed by atoms with van der Waals surface area (Å²) in [6.07, 6.45) is 6.99. The number of halogens is 1. The number of carbonyl (C=O) groups excluding carboxylic acids is 1. The smallest absolute Gasteiger partial charge is 0.305 e. The predicted octanol–water partition coefficient (Wildman–Crippen LogP) is 5.44. The maximum atomic E-state index is 13.7. The lowest BCUT2D eigenvalue weighted by molar-refractivity contribution is -0.140. The monoisotopic (exact) mass is 354 g/mol. The SMILES string of the molecule is COC(=O)CCC1=C/C(=C\c2ccc(SC)cc2)c2ccc(F)cc21. The Morgan fingerprint density at radius 3 is 2.60 bits per heavy atom. The van der Waals surface area contributed by atoms with Crippen LogP contribution in [0, 0.1) is 5.82 Å². The molecule has 0 spiro atoms. The Morgan fingerprint density at radius 1 is 1.16 bits per heavy atom. The number of ether oxygens (including phenoxy) is 1. The Hall–Kier alpha value is -2.33. The van der Waals surface area contributed by atoms with Gasteiger partial charge in [0.2, 0.25) is 0 Å². The van der Waals surface area contributed by atoms with E-state index >= 15 is 0 Å². The first-order valence-corrected chi connectivity index (χ1v) is 9.26. The number of methoxy groups -OCH3 is 1. The molecule has 4 heteroatoms. The number of benzene rings is 2. The van der Waals surface area contributed by atoms with Crippen molar-refractivity contribution in [1.82, 2.24) is 0 Å². The zero-order valence-electron chi connectivity index (χ0n) is 14.2. The maximum absolute atomic E-state index is 13.7. The summed E-state index contributed by atoms with van der Waals surface area (Å²) < 4.78 is 18.4. The highest BCUT2D eigenvalue weighted by atomic mass is 32.2. The van der Waals surface area contributed by atoms with Crippen molar-refractivity contribution >= 4 is 35.0 Å². The Morgan fingerprint density at radius 2 is 1.92 bits per heavy atom. The standard InChI is InChI=1S/C21H19FO2S/c1-24-21(23)10-5-15-12-16(19-9-6-17(22)13-20(15)19)11-14-3-7-18(25-2)8-4-14/h3-4,6-9,11-13H,5,10H2,1-2H3/b16-11+. The van der Waals surface area contributed by atoms with Gasteiger partial charge in [-0.05, 0) is 70.9 Å². The highest BCUT2D eigenvalue weighted by molar-refractivity contribution is 7.98. The fraction of sp³-hybridized carbons (Fsp3) is 0.190. The lowest BCUT2D eigenvalue weighted by atomic mass is 10.0. The summed E-state index contributed by atoms with van der Waals surface area (Å²) in [5.74, 6) is -0.530. The number of hydrogen-bond donors (Lipinski definition) is 0. The first kappa shape index (κ1) is 17.5. The minimum atomic E-state index is -0.270.